The zero-order valence-electron chi connectivity index (χ0n) is 12.7. The van der Waals surface area contributed by atoms with E-state index in [0.717, 1.165) is 36.7 Å². The van der Waals surface area contributed by atoms with Crippen molar-refractivity contribution in [1.29, 1.82) is 0 Å². The Labute approximate surface area is 124 Å². The third-order valence-corrected chi connectivity index (χ3v) is 4.40. The lowest BCUT2D eigenvalue weighted by molar-refractivity contribution is 0.239. The predicted octanol–water partition coefficient (Wildman–Crippen LogP) is 1.55. The van der Waals surface area contributed by atoms with Gasteiger partial charge in [-0.1, -0.05) is 0 Å². The SMILES string of the molecule is Cc1nn(CCO)c(C)c1CN1CCC[C@H]1c1ncc[nH]1. The van der Waals surface area contributed by atoms with Crippen molar-refractivity contribution in [1.82, 2.24) is 24.6 Å². The van der Waals surface area contributed by atoms with Gasteiger partial charge in [-0.05, 0) is 33.2 Å². The molecule has 6 nitrogen and oxygen atoms in total. The molecule has 21 heavy (non-hydrogen) atoms. The van der Waals surface area contributed by atoms with Crippen LogP contribution in [0.3, 0.4) is 0 Å². The van der Waals surface area contributed by atoms with E-state index in [1.807, 2.05) is 24.0 Å². The van der Waals surface area contributed by atoms with Crippen molar-refractivity contribution >= 4 is 0 Å². The Morgan fingerprint density at radius 1 is 1.43 bits per heavy atom. The average Bonchev–Trinajstić information content (AvgIpc) is 3.17. The normalized spacial score (nSPS) is 19.5. The number of aliphatic hydroxyl groups is 1. The minimum atomic E-state index is 0.125. The van der Waals surface area contributed by atoms with E-state index in [1.165, 1.54) is 12.0 Å². The fourth-order valence-electron chi connectivity index (χ4n) is 3.26. The summed E-state index contributed by atoms with van der Waals surface area (Å²) in [7, 11) is 0. The lowest BCUT2D eigenvalue weighted by Crippen LogP contribution is -2.24. The maximum absolute atomic E-state index is 9.11. The molecule has 0 saturated carbocycles. The first kappa shape index (κ1) is 14.3. The smallest absolute Gasteiger partial charge is 0.123 e. The minimum absolute atomic E-state index is 0.125. The van der Waals surface area contributed by atoms with Gasteiger partial charge in [-0.25, -0.2) is 4.98 Å². The summed E-state index contributed by atoms with van der Waals surface area (Å²) in [5, 5.41) is 13.6. The molecule has 0 radical (unpaired) electrons. The molecule has 0 aromatic carbocycles. The van der Waals surface area contributed by atoms with E-state index in [0.29, 0.717) is 12.6 Å². The second kappa shape index (κ2) is 5.99. The van der Waals surface area contributed by atoms with Crippen molar-refractivity contribution in [2.75, 3.05) is 13.2 Å². The molecule has 2 aromatic heterocycles. The molecule has 0 spiro atoms. The highest BCUT2D eigenvalue weighted by Gasteiger charge is 2.29. The molecular formula is C15H23N5O. The number of aromatic amines is 1. The number of H-pyrrole nitrogens is 1. The van der Waals surface area contributed by atoms with Gasteiger partial charge < -0.3 is 10.1 Å². The number of imidazole rings is 1. The molecule has 3 rings (SSSR count). The molecule has 1 saturated heterocycles. The molecule has 0 aliphatic carbocycles. The van der Waals surface area contributed by atoms with Crippen LogP contribution in [-0.4, -0.2) is 42.9 Å². The number of aryl methyl sites for hydroxylation is 1. The Morgan fingerprint density at radius 3 is 3.00 bits per heavy atom. The van der Waals surface area contributed by atoms with Crippen molar-refractivity contribution in [3.8, 4) is 0 Å². The Bertz CT molecular complexity index is 589. The molecule has 0 unspecified atom stereocenters. The van der Waals surface area contributed by atoms with Gasteiger partial charge in [0.25, 0.3) is 0 Å². The van der Waals surface area contributed by atoms with Crippen LogP contribution in [0.2, 0.25) is 0 Å². The van der Waals surface area contributed by atoms with Crippen molar-refractivity contribution < 1.29 is 5.11 Å². The van der Waals surface area contributed by atoms with E-state index < -0.39 is 0 Å². The van der Waals surface area contributed by atoms with Crippen LogP contribution in [0.4, 0.5) is 0 Å². The van der Waals surface area contributed by atoms with Crippen LogP contribution in [0.25, 0.3) is 0 Å². The molecule has 0 bridgehead atoms. The molecule has 114 valence electrons. The molecule has 6 heteroatoms. The molecular weight excluding hydrogens is 266 g/mol. The van der Waals surface area contributed by atoms with Gasteiger partial charge in [0.15, 0.2) is 0 Å². The van der Waals surface area contributed by atoms with Gasteiger partial charge in [-0.2, -0.15) is 5.10 Å². The summed E-state index contributed by atoms with van der Waals surface area (Å²) in [5.41, 5.74) is 3.50. The molecule has 1 atom stereocenters. The van der Waals surface area contributed by atoms with Crippen LogP contribution in [0.15, 0.2) is 12.4 Å². The highest BCUT2D eigenvalue weighted by atomic mass is 16.3. The summed E-state index contributed by atoms with van der Waals surface area (Å²) in [4.78, 5) is 10.1. The predicted molar refractivity (Wildman–Crippen MR) is 79.8 cm³/mol. The number of nitrogens with one attached hydrogen (secondary N) is 1. The molecule has 1 aliphatic rings. The van der Waals surface area contributed by atoms with Gasteiger partial charge in [0.1, 0.15) is 5.82 Å². The standard InChI is InChI=1S/C15H23N5O/c1-11-13(12(2)20(18-11)8-9-21)10-19-7-3-4-14(19)15-16-5-6-17-15/h5-6,14,21H,3-4,7-10H2,1-2H3,(H,16,17)/t14-/m0/s1. The van der Waals surface area contributed by atoms with Gasteiger partial charge >= 0.3 is 0 Å². The van der Waals surface area contributed by atoms with Gasteiger partial charge in [0, 0.05) is 30.2 Å². The van der Waals surface area contributed by atoms with E-state index in [2.05, 4.69) is 26.9 Å². The number of hydrogen-bond acceptors (Lipinski definition) is 4. The first-order valence-corrected chi connectivity index (χ1v) is 7.57. The van der Waals surface area contributed by atoms with Crippen LogP contribution < -0.4 is 0 Å². The Balaban J connectivity index is 1.80. The van der Waals surface area contributed by atoms with Crippen LogP contribution in [0.5, 0.6) is 0 Å². The molecule has 1 fully saturated rings. The lowest BCUT2D eigenvalue weighted by Gasteiger charge is -2.23. The third-order valence-electron chi connectivity index (χ3n) is 4.40. The number of nitrogens with zero attached hydrogens (tertiary/aromatic N) is 4. The van der Waals surface area contributed by atoms with E-state index >= 15 is 0 Å². The zero-order valence-corrected chi connectivity index (χ0v) is 12.7. The largest absolute Gasteiger partial charge is 0.394 e. The van der Waals surface area contributed by atoms with Crippen LogP contribution in [0, 0.1) is 13.8 Å². The fraction of sp³-hybridized carbons (Fsp3) is 0.600. The topological polar surface area (TPSA) is 70.0 Å². The number of hydrogen-bond donors (Lipinski definition) is 2. The number of aliphatic hydroxyl groups excluding tert-OH is 1. The number of aromatic nitrogens is 4. The fourth-order valence-corrected chi connectivity index (χ4v) is 3.26. The van der Waals surface area contributed by atoms with Gasteiger partial charge in [0.05, 0.1) is 24.9 Å². The monoisotopic (exact) mass is 289 g/mol. The summed E-state index contributed by atoms with van der Waals surface area (Å²) >= 11 is 0. The first-order valence-electron chi connectivity index (χ1n) is 7.57. The van der Waals surface area contributed by atoms with E-state index in [-0.39, 0.29) is 6.61 Å². The van der Waals surface area contributed by atoms with Gasteiger partial charge in [0.2, 0.25) is 0 Å². The highest BCUT2D eigenvalue weighted by Crippen LogP contribution is 2.32. The molecule has 2 aromatic rings. The van der Waals surface area contributed by atoms with Crippen LogP contribution in [-0.2, 0) is 13.1 Å². The maximum atomic E-state index is 9.11. The van der Waals surface area contributed by atoms with Gasteiger partial charge in [-0.3, -0.25) is 9.58 Å². The Kier molecular flexibility index (Phi) is 4.07. The van der Waals surface area contributed by atoms with Crippen molar-refractivity contribution in [3.63, 3.8) is 0 Å². The first-order chi connectivity index (χ1) is 10.2. The molecule has 0 amide bonds. The summed E-state index contributed by atoms with van der Waals surface area (Å²) in [6.45, 7) is 6.81. The zero-order chi connectivity index (χ0) is 14.8. The van der Waals surface area contributed by atoms with Crippen LogP contribution in [0.1, 0.15) is 41.7 Å². The van der Waals surface area contributed by atoms with E-state index in [9.17, 15) is 0 Å². The number of rotatable bonds is 5. The second-order valence-corrected chi connectivity index (χ2v) is 5.70. The minimum Gasteiger partial charge on any atom is -0.394 e. The summed E-state index contributed by atoms with van der Waals surface area (Å²) < 4.78 is 1.91. The highest BCUT2D eigenvalue weighted by molar-refractivity contribution is 5.25. The molecule has 1 aliphatic heterocycles. The van der Waals surface area contributed by atoms with Crippen molar-refractivity contribution in [3.05, 3.63) is 35.2 Å². The average molecular weight is 289 g/mol. The summed E-state index contributed by atoms with van der Waals surface area (Å²) in [6.07, 6.45) is 6.06. The van der Waals surface area contributed by atoms with E-state index in [4.69, 9.17) is 5.11 Å². The maximum Gasteiger partial charge on any atom is 0.123 e. The van der Waals surface area contributed by atoms with Crippen LogP contribution >= 0.6 is 0 Å². The Hall–Kier alpha value is -1.66. The second-order valence-electron chi connectivity index (χ2n) is 5.70. The summed E-state index contributed by atoms with van der Waals surface area (Å²) in [5.74, 6) is 1.06. The molecule has 2 N–H and O–H groups in total. The Morgan fingerprint density at radius 2 is 2.29 bits per heavy atom. The quantitative estimate of drug-likeness (QED) is 0.876. The number of likely N-dealkylation sites (tertiary alicyclic amines) is 1. The van der Waals surface area contributed by atoms with E-state index in [1.54, 1.807) is 0 Å². The van der Waals surface area contributed by atoms with Crippen molar-refractivity contribution in [2.24, 2.45) is 0 Å². The molecule has 3 heterocycles. The summed E-state index contributed by atoms with van der Waals surface area (Å²) in [6, 6.07) is 0.375. The third kappa shape index (κ3) is 2.73. The van der Waals surface area contributed by atoms with Crippen molar-refractivity contribution in [2.45, 2.75) is 45.8 Å². The lowest BCUT2D eigenvalue weighted by atomic mass is 10.1. The van der Waals surface area contributed by atoms with Gasteiger partial charge in [-0.15, -0.1) is 0 Å².